The summed E-state index contributed by atoms with van der Waals surface area (Å²) in [4.78, 5) is 28.5. The molecule has 0 fully saturated rings. The molecule has 1 N–H and O–H groups in total. The van der Waals surface area contributed by atoms with Crippen LogP contribution in [-0.4, -0.2) is 15.6 Å². The Balaban J connectivity index is 2.00. The van der Waals surface area contributed by atoms with Gasteiger partial charge in [0.1, 0.15) is 4.88 Å². The Morgan fingerprint density at radius 3 is 2.58 bits per heavy atom. The topological polar surface area (TPSA) is 71.7 Å². The van der Waals surface area contributed by atoms with E-state index in [-0.39, 0.29) is 21.4 Å². The zero-order valence-corrected chi connectivity index (χ0v) is 16.6. The van der Waals surface area contributed by atoms with Crippen molar-refractivity contribution in [3.05, 3.63) is 76.0 Å². The van der Waals surface area contributed by atoms with E-state index in [1.807, 2.05) is 0 Å². The smallest absolute Gasteiger partial charge is 0.315 e. The van der Waals surface area contributed by atoms with Gasteiger partial charge in [-0.15, -0.1) is 0 Å². The number of aromatic nitrogens is 1. The van der Waals surface area contributed by atoms with Crippen molar-refractivity contribution in [1.82, 2.24) is 4.57 Å². The average molecular weight is 470 g/mol. The normalized spacial score (nSPS) is 13.0. The van der Waals surface area contributed by atoms with Crippen LogP contribution in [0.3, 0.4) is 0 Å². The second kappa shape index (κ2) is 6.35. The highest BCUT2D eigenvalue weighted by atomic mass is 79.9. The van der Waals surface area contributed by atoms with Crippen LogP contribution in [0.1, 0.15) is 4.88 Å². The van der Waals surface area contributed by atoms with Crippen LogP contribution in [0.4, 0.5) is 0 Å². The van der Waals surface area contributed by atoms with Gasteiger partial charge in [0.25, 0.3) is 5.91 Å². The van der Waals surface area contributed by atoms with Crippen LogP contribution in [0.15, 0.2) is 50.7 Å². The fraction of sp³-hybridized carbons (Fsp3) is 0. The number of thiazole rings is 1. The molecule has 0 bridgehead atoms. The lowest BCUT2D eigenvalue weighted by Crippen LogP contribution is -2.22. The summed E-state index contributed by atoms with van der Waals surface area (Å²) in [5, 5.41) is 12.3. The van der Waals surface area contributed by atoms with E-state index in [0.717, 1.165) is 20.4 Å². The van der Waals surface area contributed by atoms with Crippen LogP contribution in [0, 0.1) is 0 Å². The number of benzene rings is 2. The molecule has 5 nitrogen and oxygen atoms in total. The molecule has 130 valence electrons. The molecular formula is C17H7BrCl2N2O3S. The molecule has 1 amide bonds. The van der Waals surface area contributed by atoms with Crippen molar-refractivity contribution >= 4 is 61.9 Å². The molecule has 0 spiro atoms. The molecular weight excluding hydrogens is 463 g/mol. The zero-order valence-electron chi connectivity index (χ0n) is 12.7. The zero-order chi connectivity index (χ0) is 18.6. The van der Waals surface area contributed by atoms with Gasteiger partial charge < -0.3 is 5.11 Å². The average Bonchev–Trinajstić information content (AvgIpc) is 3.05. The van der Waals surface area contributed by atoms with Gasteiger partial charge in [-0.1, -0.05) is 50.5 Å². The number of aromatic hydroxyl groups is 1. The molecule has 2 aromatic carbocycles. The number of carbonyl (C=O) groups is 1. The Hall–Kier alpha value is -1.93. The number of carbonyl (C=O) groups excluding carboxylic acids is 1. The molecule has 0 atom stereocenters. The minimum absolute atomic E-state index is 0.159. The maximum Gasteiger partial charge on any atom is 0.315 e. The van der Waals surface area contributed by atoms with E-state index in [0.29, 0.717) is 21.3 Å². The minimum atomic E-state index is -0.504. The van der Waals surface area contributed by atoms with Crippen molar-refractivity contribution in [2.75, 3.05) is 0 Å². The van der Waals surface area contributed by atoms with E-state index in [9.17, 15) is 14.7 Å². The molecule has 0 saturated carbocycles. The molecule has 9 heteroatoms. The van der Waals surface area contributed by atoms with E-state index >= 15 is 0 Å². The number of halogens is 3. The Kier molecular flexibility index (Phi) is 4.27. The van der Waals surface area contributed by atoms with E-state index < -0.39 is 10.8 Å². The molecule has 1 aliphatic rings. The van der Waals surface area contributed by atoms with Crippen molar-refractivity contribution in [2.24, 2.45) is 4.99 Å². The summed E-state index contributed by atoms with van der Waals surface area (Å²) in [7, 11) is 0. The fourth-order valence-corrected chi connectivity index (χ4v) is 4.28. The molecule has 2 heterocycles. The molecule has 4 rings (SSSR count). The summed E-state index contributed by atoms with van der Waals surface area (Å²) in [6.45, 7) is 0. The lowest BCUT2D eigenvalue weighted by Gasteiger charge is -2.06. The van der Waals surface area contributed by atoms with Gasteiger partial charge in [0, 0.05) is 9.69 Å². The predicted molar refractivity (Wildman–Crippen MR) is 104 cm³/mol. The van der Waals surface area contributed by atoms with E-state index in [1.54, 1.807) is 24.3 Å². The third-order valence-corrected chi connectivity index (χ3v) is 6.02. The van der Waals surface area contributed by atoms with Gasteiger partial charge in [0.15, 0.2) is 0 Å². The van der Waals surface area contributed by atoms with Gasteiger partial charge in [0.2, 0.25) is 5.88 Å². The number of amides is 1. The monoisotopic (exact) mass is 468 g/mol. The summed E-state index contributed by atoms with van der Waals surface area (Å²) in [5.41, 5.74) is 0.543. The van der Waals surface area contributed by atoms with E-state index in [2.05, 4.69) is 20.9 Å². The standard InChI is InChI=1S/C17H7BrCl2N2O3S/c18-7-1-4-12-9(5-7)13(15(23)21-12)14-16(24)22(17(25)26-14)8-2-3-10(19)11(20)6-8/h1-6,24H. The van der Waals surface area contributed by atoms with Crippen LogP contribution < -0.4 is 15.4 Å². The summed E-state index contributed by atoms with van der Waals surface area (Å²) in [6, 6.07) is 9.74. The minimum Gasteiger partial charge on any atom is -0.493 e. The quantitative estimate of drug-likeness (QED) is 0.627. The van der Waals surface area contributed by atoms with Crippen molar-refractivity contribution < 1.29 is 9.90 Å². The Morgan fingerprint density at radius 2 is 1.85 bits per heavy atom. The van der Waals surface area contributed by atoms with Gasteiger partial charge >= 0.3 is 4.87 Å². The maximum absolute atomic E-state index is 12.5. The maximum atomic E-state index is 12.5. The molecule has 26 heavy (non-hydrogen) atoms. The fourth-order valence-electron chi connectivity index (χ4n) is 2.69. The second-order valence-electron chi connectivity index (χ2n) is 5.41. The number of hydrogen-bond acceptors (Lipinski definition) is 4. The molecule has 0 radical (unpaired) electrons. The number of hydrogen-bond donors (Lipinski definition) is 1. The molecule has 1 aliphatic heterocycles. The predicted octanol–water partition coefficient (Wildman–Crippen LogP) is 3.03. The molecule has 0 saturated heterocycles. The molecule has 0 aliphatic carbocycles. The van der Waals surface area contributed by atoms with Crippen molar-refractivity contribution in [2.45, 2.75) is 0 Å². The highest BCUT2D eigenvalue weighted by Gasteiger charge is 2.26. The van der Waals surface area contributed by atoms with Gasteiger partial charge in [-0.05, 0) is 36.4 Å². The van der Waals surface area contributed by atoms with Crippen LogP contribution in [0.5, 0.6) is 5.88 Å². The molecule has 1 aromatic heterocycles. The lowest BCUT2D eigenvalue weighted by molar-refractivity contribution is -0.112. The van der Waals surface area contributed by atoms with Gasteiger partial charge in [0.05, 0.1) is 26.7 Å². The van der Waals surface area contributed by atoms with Gasteiger partial charge in [-0.2, -0.15) is 0 Å². The van der Waals surface area contributed by atoms with Crippen LogP contribution in [0.25, 0.3) is 11.3 Å². The van der Waals surface area contributed by atoms with Gasteiger partial charge in [-0.3, -0.25) is 9.59 Å². The number of fused-ring (bicyclic) bond motifs is 1. The van der Waals surface area contributed by atoms with Crippen LogP contribution >= 0.6 is 50.5 Å². The first kappa shape index (κ1) is 17.5. The summed E-state index contributed by atoms with van der Waals surface area (Å²) < 4.78 is 1.84. The SMILES string of the molecule is O=C1N=c2ccc(Br)cc2=C1c1sc(=O)n(-c2ccc(Cl)c(Cl)c2)c1O. The Labute approximate surface area is 168 Å². The highest BCUT2D eigenvalue weighted by molar-refractivity contribution is 9.10. The van der Waals surface area contributed by atoms with E-state index in [1.165, 1.54) is 12.1 Å². The number of nitrogens with zero attached hydrogens (tertiary/aromatic N) is 2. The third-order valence-electron chi connectivity index (χ3n) is 3.84. The number of rotatable bonds is 2. The highest BCUT2D eigenvalue weighted by Crippen LogP contribution is 2.32. The molecule has 0 unspecified atom stereocenters. The largest absolute Gasteiger partial charge is 0.493 e. The second-order valence-corrected chi connectivity index (χ2v) is 8.10. The Bertz CT molecular complexity index is 1280. The van der Waals surface area contributed by atoms with Crippen molar-refractivity contribution in [3.8, 4) is 11.6 Å². The first-order chi connectivity index (χ1) is 12.4. The molecule has 3 aromatic rings. The third kappa shape index (κ3) is 2.72. The van der Waals surface area contributed by atoms with Crippen molar-refractivity contribution in [1.29, 1.82) is 0 Å². The lowest BCUT2D eigenvalue weighted by atomic mass is 10.1. The first-order valence-corrected chi connectivity index (χ1v) is 9.57. The summed E-state index contributed by atoms with van der Waals surface area (Å²) >= 11 is 16.0. The Morgan fingerprint density at radius 1 is 1.08 bits per heavy atom. The van der Waals surface area contributed by atoms with Crippen molar-refractivity contribution in [3.63, 3.8) is 0 Å². The van der Waals surface area contributed by atoms with Gasteiger partial charge in [-0.25, -0.2) is 9.56 Å². The van der Waals surface area contributed by atoms with Crippen LogP contribution in [-0.2, 0) is 4.79 Å². The van der Waals surface area contributed by atoms with E-state index in [4.69, 9.17) is 23.2 Å². The first-order valence-electron chi connectivity index (χ1n) is 7.20. The van der Waals surface area contributed by atoms with Crippen LogP contribution in [0.2, 0.25) is 10.0 Å². The summed E-state index contributed by atoms with van der Waals surface area (Å²) in [6.07, 6.45) is 0. The summed E-state index contributed by atoms with van der Waals surface area (Å²) in [5.74, 6) is -0.847.